The molecular formula is C21H23N3O4S. The second-order valence-electron chi connectivity index (χ2n) is 7.43. The molecular weight excluding hydrogens is 390 g/mol. The predicted molar refractivity (Wildman–Crippen MR) is 109 cm³/mol. The normalized spacial score (nSPS) is 20.1. The maximum absolute atomic E-state index is 13.1. The molecule has 1 N–H and O–H groups in total. The fraction of sp³-hybridized carbons (Fsp3) is 0.333. The molecule has 2 heterocycles. The molecule has 1 fully saturated rings. The fourth-order valence-electron chi connectivity index (χ4n) is 3.86. The Morgan fingerprint density at radius 2 is 1.66 bits per heavy atom. The number of carbonyl (C=O) groups is 2. The summed E-state index contributed by atoms with van der Waals surface area (Å²) in [6.45, 7) is 3.00. The Kier molecular flexibility index (Phi) is 5.14. The lowest BCUT2D eigenvalue weighted by Gasteiger charge is -2.36. The van der Waals surface area contributed by atoms with Crippen molar-refractivity contribution < 1.29 is 18.0 Å². The van der Waals surface area contributed by atoms with E-state index in [1.807, 2.05) is 25.1 Å². The average molecular weight is 413 g/mol. The zero-order chi connectivity index (χ0) is 20.6. The van der Waals surface area contributed by atoms with Gasteiger partial charge in [-0.1, -0.05) is 35.9 Å². The third-order valence-electron chi connectivity index (χ3n) is 5.51. The Labute approximate surface area is 170 Å². The zero-order valence-electron chi connectivity index (χ0n) is 16.2. The summed E-state index contributed by atoms with van der Waals surface area (Å²) in [4.78, 5) is 27.1. The molecule has 8 heteroatoms. The molecule has 1 atom stereocenters. The van der Waals surface area contributed by atoms with E-state index in [0.717, 1.165) is 11.1 Å². The van der Waals surface area contributed by atoms with Crippen LogP contribution in [0.2, 0.25) is 0 Å². The van der Waals surface area contributed by atoms with Crippen molar-refractivity contribution in [3.8, 4) is 0 Å². The first kappa shape index (κ1) is 19.6. The summed E-state index contributed by atoms with van der Waals surface area (Å²) in [6.07, 6.45) is 0.109. The summed E-state index contributed by atoms with van der Waals surface area (Å²) in [5.74, 6) is -0.831. The van der Waals surface area contributed by atoms with Gasteiger partial charge in [0.15, 0.2) is 0 Å². The Morgan fingerprint density at radius 3 is 2.34 bits per heavy atom. The molecule has 2 aromatic carbocycles. The van der Waals surface area contributed by atoms with Gasteiger partial charge in [-0.15, -0.1) is 0 Å². The first-order chi connectivity index (χ1) is 13.9. The van der Waals surface area contributed by atoms with Gasteiger partial charge in [-0.3, -0.25) is 9.59 Å². The van der Waals surface area contributed by atoms with E-state index in [0.29, 0.717) is 18.8 Å². The third kappa shape index (κ3) is 3.77. The number of carbonyl (C=O) groups excluding carboxylic acids is 2. The highest BCUT2D eigenvalue weighted by atomic mass is 32.2. The number of amides is 2. The molecule has 2 aliphatic heterocycles. The molecule has 2 aliphatic rings. The second-order valence-corrected chi connectivity index (χ2v) is 9.37. The number of rotatable bonds is 3. The molecule has 29 heavy (non-hydrogen) atoms. The Bertz CT molecular complexity index is 1040. The summed E-state index contributed by atoms with van der Waals surface area (Å²) in [5.41, 5.74) is 2.48. The molecule has 152 valence electrons. The highest BCUT2D eigenvalue weighted by Gasteiger charge is 2.36. The van der Waals surface area contributed by atoms with Gasteiger partial charge >= 0.3 is 0 Å². The van der Waals surface area contributed by atoms with E-state index in [9.17, 15) is 18.0 Å². The molecule has 0 aliphatic carbocycles. The maximum Gasteiger partial charge on any atom is 0.243 e. The minimum absolute atomic E-state index is 0.109. The first-order valence-electron chi connectivity index (χ1n) is 9.60. The van der Waals surface area contributed by atoms with Crippen molar-refractivity contribution in [2.75, 3.05) is 31.5 Å². The molecule has 0 aromatic heterocycles. The van der Waals surface area contributed by atoms with Crippen LogP contribution in [0.15, 0.2) is 53.4 Å². The number of aryl methyl sites for hydroxylation is 1. The summed E-state index contributed by atoms with van der Waals surface area (Å²) >= 11 is 0. The van der Waals surface area contributed by atoms with Gasteiger partial charge in [0.05, 0.1) is 10.8 Å². The van der Waals surface area contributed by atoms with Crippen LogP contribution in [0.4, 0.5) is 5.69 Å². The van der Waals surface area contributed by atoms with Crippen molar-refractivity contribution in [3.05, 3.63) is 59.7 Å². The quantitative estimate of drug-likeness (QED) is 0.833. The fourth-order valence-corrected chi connectivity index (χ4v) is 5.28. The third-order valence-corrected chi connectivity index (χ3v) is 7.42. The molecule has 0 saturated carbocycles. The molecule has 2 aromatic rings. The van der Waals surface area contributed by atoms with Gasteiger partial charge in [0.25, 0.3) is 0 Å². The monoisotopic (exact) mass is 413 g/mol. The lowest BCUT2D eigenvalue weighted by Crippen LogP contribution is -2.52. The van der Waals surface area contributed by atoms with E-state index in [1.54, 1.807) is 35.2 Å². The topological polar surface area (TPSA) is 86.8 Å². The summed E-state index contributed by atoms with van der Waals surface area (Å²) in [5, 5.41) is 2.80. The summed E-state index contributed by atoms with van der Waals surface area (Å²) in [6, 6.07) is 14.1. The summed E-state index contributed by atoms with van der Waals surface area (Å²) < 4.78 is 27.1. The lowest BCUT2D eigenvalue weighted by atomic mass is 9.89. The molecule has 2 amide bonds. The number of benzene rings is 2. The van der Waals surface area contributed by atoms with Gasteiger partial charge in [-0.2, -0.15) is 4.31 Å². The average Bonchev–Trinajstić information content (AvgIpc) is 2.73. The number of hydrogen-bond acceptors (Lipinski definition) is 4. The smallest absolute Gasteiger partial charge is 0.243 e. The van der Waals surface area contributed by atoms with Crippen LogP contribution in [0.25, 0.3) is 0 Å². The number of fused-ring (bicyclic) bond motifs is 1. The SMILES string of the molecule is Cc1ccc(S(=O)(=O)N2CCN(C(=O)C3CC(=O)Nc4ccccc43)CC2)cc1. The molecule has 0 bridgehead atoms. The van der Waals surface area contributed by atoms with E-state index in [4.69, 9.17) is 0 Å². The standard InChI is InChI=1S/C21H23N3O4S/c1-15-6-8-16(9-7-15)29(27,28)24-12-10-23(11-13-24)21(26)18-14-20(25)22-19-5-3-2-4-17(18)19/h2-9,18H,10-14H2,1H3,(H,22,25). The van der Waals surface area contributed by atoms with Gasteiger partial charge in [-0.05, 0) is 30.7 Å². The van der Waals surface area contributed by atoms with Crippen LogP contribution < -0.4 is 5.32 Å². The van der Waals surface area contributed by atoms with Crippen molar-refractivity contribution in [2.45, 2.75) is 24.2 Å². The number of nitrogens with zero attached hydrogens (tertiary/aromatic N) is 2. The highest BCUT2D eigenvalue weighted by molar-refractivity contribution is 7.89. The highest BCUT2D eigenvalue weighted by Crippen LogP contribution is 2.33. The van der Waals surface area contributed by atoms with Crippen LogP contribution in [0, 0.1) is 6.92 Å². The number of para-hydroxylation sites is 1. The van der Waals surface area contributed by atoms with E-state index in [-0.39, 0.29) is 36.2 Å². The van der Waals surface area contributed by atoms with Crippen molar-refractivity contribution in [3.63, 3.8) is 0 Å². The van der Waals surface area contributed by atoms with E-state index in [1.165, 1.54) is 4.31 Å². The van der Waals surface area contributed by atoms with Gasteiger partial charge in [0.2, 0.25) is 21.8 Å². The zero-order valence-corrected chi connectivity index (χ0v) is 17.0. The maximum atomic E-state index is 13.1. The molecule has 1 unspecified atom stereocenters. The van der Waals surface area contributed by atoms with E-state index < -0.39 is 15.9 Å². The number of nitrogens with one attached hydrogen (secondary N) is 1. The summed E-state index contributed by atoms with van der Waals surface area (Å²) in [7, 11) is -3.58. The second kappa shape index (κ2) is 7.61. The largest absolute Gasteiger partial charge is 0.340 e. The van der Waals surface area contributed by atoms with Gasteiger partial charge in [0.1, 0.15) is 0 Å². The van der Waals surface area contributed by atoms with Crippen LogP contribution in [0.5, 0.6) is 0 Å². The number of hydrogen-bond donors (Lipinski definition) is 1. The van der Waals surface area contributed by atoms with Crippen LogP contribution in [-0.4, -0.2) is 55.6 Å². The van der Waals surface area contributed by atoms with Crippen molar-refractivity contribution in [1.82, 2.24) is 9.21 Å². The predicted octanol–water partition coefficient (Wildman–Crippen LogP) is 1.95. The van der Waals surface area contributed by atoms with Gasteiger partial charge < -0.3 is 10.2 Å². The Morgan fingerprint density at radius 1 is 1.00 bits per heavy atom. The first-order valence-corrected chi connectivity index (χ1v) is 11.0. The van der Waals surface area contributed by atoms with E-state index in [2.05, 4.69) is 5.32 Å². The number of piperazine rings is 1. The number of sulfonamides is 1. The van der Waals surface area contributed by atoms with Crippen LogP contribution in [0.3, 0.4) is 0 Å². The molecule has 0 radical (unpaired) electrons. The van der Waals surface area contributed by atoms with Crippen molar-refractivity contribution in [1.29, 1.82) is 0 Å². The molecule has 4 rings (SSSR count). The Hall–Kier alpha value is -2.71. The van der Waals surface area contributed by atoms with E-state index >= 15 is 0 Å². The number of anilines is 1. The molecule has 0 spiro atoms. The lowest BCUT2D eigenvalue weighted by molar-refractivity contribution is -0.136. The minimum atomic E-state index is -3.58. The van der Waals surface area contributed by atoms with Crippen LogP contribution >= 0.6 is 0 Å². The van der Waals surface area contributed by atoms with Crippen molar-refractivity contribution >= 4 is 27.5 Å². The Balaban J connectivity index is 1.47. The van der Waals surface area contributed by atoms with Crippen LogP contribution in [-0.2, 0) is 19.6 Å². The van der Waals surface area contributed by atoms with Gasteiger partial charge in [-0.25, -0.2) is 8.42 Å². The molecule has 1 saturated heterocycles. The van der Waals surface area contributed by atoms with Crippen LogP contribution in [0.1, 0.15) is 23.5 Å². The molecule has 7 nitrogen and oxygen atoms in total. The van der Waals surface area contributed by atoms with Gasteiger partial charge in [0, 0.05) is 38.3 Å². The van der Waals surface area contributed by atoms with Crippen molar-refractivity contribution in [2.24, 2.45) is 0 Å². The minimum Gasteiger partial charge on any atom is -0.340 e.